The maximum absolute atomic E-state index is 13.8. The van der Waals surface area contributed by atoms with Crippen LogP contribution in [0.5, 0.6) is 0 Å². The molecular formula is C85H102N16O4. The number of aromatic amines is 2. The Kier molecular flexibility index (Phi) is 21.7. The number of fused-ring (bicyclic) bond motifs is 5. The van der Waals surface area contributed by atoms with Gasteiger partial charge in [-0.15, -0.1) is 0 Å². The zero-order valence-corrected chi connectivity index (χ0v) is 62.7. The molecule has 0 saturated carbocycles. The lowest BCUT2D eigenvalue weighted by molar-refractivity contribution is 0.0715. The van der Waals surface area contributed by atoms with Gasteiger partial charge in [0, 0.05) is 207 Å². The van der Waals surface area contributed by atoms with Gasteiger partial charge >= 0.3 is 6.09 Å². The zero-order chi connectivity index (χ0) is 73.0. The summed E-state index contributed by atoms with van der Waals surface area (Å²) >= 11 is 0. The van der Waals surface area contributed by atoms with Gasteiger partial charge in [0.05, 0.1) is 0 Å². The summed E-state index contributed by atoms with van der Waals surface area (Å²) in [6, 6.07) is 44.0. The van der Waals surface area contributed by atoms with E-state index < -0.39 is 0 Å². The Balaban J connectivity index is 0.000000187. The number of hydrogen-bond acceptors (Lipinski definition) is 17. The fourth-order valence-corrected chi connectivity index (χ4v) is 16.7. The van der Waals surface area contributed by atoms with Crippen molar-refractivity contribution in [3.8, 4) is 33.4 Å². The summed E-state index contributed by atoms with van der Waals surface area (Å²) in [5, 5.41) is 14.9. The Hall–Kier alpha value is -10.2. The van der Waals surface area contributed by atoms with E-state index in [-0.39, 0.29) is 35.2 Å². The van der Waals surface area contributed by atoms with Crippen LogP contribution < -0.4 is 46.7 Å². The van der Waals surface area contributed by atoms with Gasteiger partial charge in [0.1, 0.15) is 29.9 Å². The van der Waals surface area contributed by atoms with Crippen LogP contribution in [-0.4, -0.2) is 174 Å². The number of anilines is 6. The number of aryl methyl sites for hydroxylation is 4. The highest BCUT2D eigenvalue weighted by molar-refractivity contribution is 6.05. The van der Waals surface area contributed by atoms with Crippen LogP contribution in [0, 0.1) is 27.7 Å². The molecule has 20 nitrogen and oxygen atoms in total. The zero-order valence-electron chi connectivity index (χ0n) is 62.7. The predicted molar refractivity (Wildman–Crippen MR) is 428 cm³/mol. The number of likely N-dealkylation sites (N-methyl/N-ethyl adjacent to an activating group) is 2. The largest absolute Gasteiger partial charge is 0.448 e. The fourth-order valence-electron chi connectivity index (χ4n) is 16.7. The Morgan fingerprint density at radius 3 is 1.46 bits per heavy atom. The minimum absolute atomic E-state index is 0.0149. The molecule has 0 spiro atoms. The molecule has 4 unspecified atom stereocenters. The summed E-state index contributed by atoms with van der Waals surface area (Å²) in [6.45, 7) is 29.1. The summed E-state index contributed by atoms with van der Waals surface area (Å²) < 4.78 is 6.15. The van der Waals surface area contributed by atoms with Gasteiger partial charge in [0.25, 0.3) is 11.1 Å². The number of amides is 1. The molecule has 10 aromatic rings. The Morgan fingerprint density at radius 2 is 1.02 bits per heavy atom. The second-order valence-electron chi connectivity index (χ2n) is 29.6. The Labute approximate surface area is 617 Å². The summed E-state index contributed by atoms with van der Waals surface area (Å²) in [7, 11) is 4.34. The van der Waals surface area contributed by atoms with Crippen molar-refractivity contribution < 1.29 is 9.53 Å². The number of benzene rings is 4. The van der Waals surface area contributed by atoms with Gasteiger partial charge in [0.15, 0.2) is 0 Å². The number of H-pyrrole nitrogens is 2. The van der Waals surface area contributed by atoms with Crippen molar-refractivity contribution in [3.63, 3.8) is 0 Å². The molecule has 0 bridgehead atoms. The summed E-state index contributed by atoms with van der Waals surface area (Å²) in [6.07, 6.45) is 11.3. The number of ether oxygens (including phenoxy) is 1. The fraction of sp³-hybridized carbons (Fsp3) is 0.400. The summed E-state index contributed by atoms with van der Waals surface area (Å²) in [4.78, 5) is 81.5. The first-order valence-corrected chi connectivity index (χ1v) is 37.9. The third-order valence-corrected chi connectivity index (χ3v) is 22.6. The van der Waals surface area contributed by atoms with Crippen molar-refractivity contribution in [2.75, 3.05) is 129 Å². The topological polar surface area (TPSA) is 202 Å². The first-order valence-electron chi connectivity index (χ1n) is 37.9. The van der Waals surface area contributed by atoms with Crippen molar-refractivity contribution in [1.82, 2.24) is 49.9 Å². The van der Waals surface area contributed by atoms with Crippen LogP contribution in [-0.2, 0) is 17.8 Å². The van der Waals surface area contributed by atoms with Gasteiger partial charge in [-0.2, -0.15) is 0 Å². The number of rotatable bonds is 18. The highest BCUT2D eigenvalue weighted by atomic mass is 16.6. The molecule has 4 atom stereocenters. The molecule has 1 aliphatic carbocycles. The summed E-state index contributed by atoms with van der Waals surface area (Å²) in [5.41, 5.74) is 16.4. The SMILES string of the molecule is CCN(c1cc(-c2ccc(N3CCN(C)CC3)nc2)cc2c(NCc3c(C)cc(C)[nH]c3=O)nccc12)C1CCN(C(=O)OCC2c3ccccc3-c3ccccc32)C(C)C1.CCN(c1cc(-c2ccc(N3CCN(C)CC3)nc2)cc2c(NCc3c(C)cc(C)[nH]c3=O)nccc12)C1CCNC(C)C1. The van der Waals surface area contributed by atoms with E-state index in [9.17, 15) is 14.4 Å². The van der Waals surface area contributed by atoms with E-state index in [4.69, 9.17) is 24.7 Å². The molecular weight excluding hydrogens is 1310 g/mol. The quantitative estimate of drug-likeness (QED) is 0.0542. The number of hydrogen-bond donors (Lipinski definition) is 5. The van der Waals surface area contributed by atoms with E-state index in [2.05, 4.69) is 206 Å². The van der Waals surface area contributed by atoms with E-state index in [1.54, 1.807) is 0 Å². The molecule has 5 N–H and O–H groups in total. The molecule has 20 heteroatoms. The highest BCUT2D eigenvalue weighted by Crippen LogP contribution is 2.46. The van der Waals surface area contributed by atoms with E-state index in [0.717, 1.165) is 199 Å². The number of piperazine rings is 2. The molecule has 6 aromatic heterocycles. The molecule has 0 radical (unpaired) electrons. The lowest BCUT2D eigenvalue weighted by atomic mass is 9.94. The first-order chi connectivity index (χ1) is 51.0. The minimum atomic E-state index is -0.250. The van der Waals surface area contributed by atoms with E-state index in [1.165, 1.54) is 27.9 Å². The molecule has 4 fully saturated rings. The van der Waals surface area contributed by atoms with Crippen LogP contribution in [0.1, 0.15) is 104 Å². The number of likely N-dealkylation sites (tertiary alicyclic amines) is 1. The van der Waals surface area contributed by atoms with Gasteiger partial charge in [0.2, 0.25) is 0 Å². The first kappa shape index (κ1) is 71.8. The number of nitrogens with one attached hydrogen (secondary N) is 5. The number of nitrogens with zero attached hydrogens (tertiary/aromatic N) is 11. The van der Waals surface area contributed by atoms with E-state index in [0.29, 0.717) is 43.9 Å². The average Bonchev–Trinajstić information content (AvgIpc) is 1.75. The number of carbonyl (C=O) groups excluding carboxylic acids is 1. The molecule has 4 aliphatic heterocycles. The molecule has 1 amide bonds. The number of aromatic nitrogens is 6. The normalized spacial score (nSPS) is 18.5. The Morgan fingerprint density at radius 1 is 0.543 bits per heavy atom. The second-order valence-corrected chi connectivity index (χ2v) is 29.6. The van der Waals surface area contributed by atoms with Crippen molar-refractivity contribution in [3.05, 3.63) is 212 Å². The average molecular weight is 1410 g/mol. The van der Waals surface area contributed by atoms with Crippen LogP contribution in [0.3, 0.4) is 0 Å². The number of carbonyl (C=O) groups is 1. The molecule has 105 heavy (non-hydrogen) atoms. The maximum Gasteiger partial charge on any atom is 0.410 e. The van der Waals surface area contributed by atoms with Crippen molar-refractivity contribution in [2.24, 2.45) is 0 Å². The molecule has 4 aromatic carbocycles. The molecule has 15 rings (SSSR count). The van der Waals surface area contributed by atoms with Gasteiger partial charge < -0.3 is 65.0 Å². The van der Waals surface area contributed by atoms with Crippen molar-refractivity contribution >= 4 is 62.3 Å². The van der Waals surface area contributed by atoms with Gasteiger partial charge in [-0.05, 0) is 219 Å². The van der Waals surface area contributed by atoms with Crippen LogP contribution >= 0.6 is 0 Å². The van der Waals surface area contributed by atoms with Crippen LogP contribution in [0.4, 0.5) is 39.4 Å². The number of pyridine rings is 6. The van der Waals surface area contributed by atoms with Crippen LogP contribution in [0.15, 0.2) is 156 Å². The third-order valence-electron chi connectivity index (χ3n) is 22.6. The van der Waals surface area contributed by atoms with Gasteiger partial charge in [-0.3, -0.25) is 9.59 Å². The molecule has 4 saturated heterocycles. The second kappa shape index (κ2) is 31.7. The van der Waals surface area contributed by atoms with Crippen LogP contribution in [0.2, 0.25) is 0 Å². The maximum atomic E-state index is 13.8. The van der Waals surface area contributed by atoms with Crippen molar-refractivity contribution in [1.29, 1.82) is 0 Å². The highest BCUT2D eigenvalue weighted by Gasteiger charge is 2.36. The third kappa shape index (κ3) is 15.5. The monoisotopic (exact) mass is 1410 g/mol. The lowest BCUT2D eigenvalue weighted by Crippen LogP contribution is -2.51. The molecule has 546 valence electrons. The molecule has 10 heterocycles. The van der Waals surface area contributed by atoms with Crippen LogP contribution in [0.25, 0.3) is 54.9 Å². The minimum Gasteiger partial charge on any atom is -0.448 e. The molecule has 5 aliphatic rings. The predicted octanol–water partition coefficient (Wildman–Crippen LogP) is 13.5. The smallest absolute Gasteiger partial charge is 0.410 e. The number of piperidine rings is 2. The lowest BCUT2D eigenvalue weighted by Gasteiger charge is -2.43. The Bertz CT molecular complexity index is 4830. The van der Waals surface area contributed by atoms with Gasteiger partial charge in [-0.1, -0.05) is 48.5 Å². The van der Waals surface area contributed by atoms with E-state index in [1.807, 2.05) is 69.5 Å². The van der Waals surface area contributed by atoms with Crippen molar-refractivity contribution in [2.45, 2.75) is 124 Å². The summed E-state index contributed by atoms with van der Waals surface area (Å²) in [5.74, 6) is 3.55. The standard InChI is InChI=1S/C50H56N8O3.C35H46N8O/c1-6-57(37-18-20-58(34(4)26-37)50(60)61-31-45-40-13-9-7-11-38(40)39-12-8-10-14-41(39)45)46-28-36(35-15-16-47(52-29-35)56-23-21-55(5)22-24-56)27-43-42(46)17-19-51-48(43)53-30-44-32(2)25-33(3)54-49(44)59;1-6-43(28-9-11-36-24(3)18-28)32-20-27(26-7-8-33(38-21-26)42-15-13-41(5)14-16-42)19-30-29(32)10-12-37-34(30)39-22-31-23(2)17-25(4)40-35(31)44/h7-17,19,25,27-29,34,37,45H,6,18,20-24,26,30-31H2,1-5H3,(H,51,53)(H,54,59);7-8,10,12,17,19-21,24,28,36H,6,9,11,13-16,18,22H2,1-5H3,(H,37,39)(H,40,44). The van der Waals surface area contributed by atoms with Gasteiger partial charge in [-0.25, -0.2) is 24.7 Å². The van der Waals surface area contributed by atoms with E-state index >= 15 is 0 Å².